The lowest BCUT2D eigenvalue weighted by Crippen LogP contribution is -2.59. The zero-order valence-corrected chi connectivity index (χ0v) is 24.5. The molecule has 0 aromatic heterocycles. The number of amides is 1. The van der Waals surface area contributed by atoms with Crippen LogP contribution in [0.5, 0.6) is 0 Å². The summed E-state index contributed by atoms with van der Waals surface area (Å²) in [5.74, 6) is -3.69. The Labute approximate surface area is 238 Å². The van der Waals surface area contributed by atoms with Crippen molar-refractivity contribution in [3.8, 4) is 0 Å². The van der Waals surface area contributed by atoms with Crippen LogP contribution in [0.2, 0.25) is 0 Å². The van der Waals surface area contributed by atoms with Gasteiger partial charge in [0.1, 0.15) is 23.8 Å². The maximum Gasteiger partial charge on any atom is 0.430 e. The number of piperidine rings is 1. The van der Waals surface area contributed by atoms with E-state index in [1.165, 1.54) is 0 Å². The average molecular weight is 591 g/mol. The highest BCUT2D eigenvalue weighted by Crippen LogP contribution is 2.26. The van der Waals surface area contributed by atoms with E-state index in [9.17, 15) is 27.6 Å². The van der Waals surface area contributed by atoms with Gasteiger partial charge in [-0.3, -0.25) is 4.79 Å². The van der Waals surface area contributed by atoms with Gasteiger partial charge in [0, 0.05) is 12.8 Å². The lowest BCUT2D eigenvalue weighted by Gasteiger charge is -2.42. The van der Waals surface area contributed by atoms with Crippen LogP contribution in [0.15, 0.2) is 30.3 Å². The van der Waals surface area contributed by atoms with Crippen molar-refractivity contribution in [1.82, 2.24) is 5.32 Å². The van der Waals surface area contributed by atoms with Crippen LogP contribution in [0.3, 0.4) is 0 Å². The predicted octanol–water partition coefficient (Wildman–Crippen LogP) is 3.12. The number of esters is 2. The molecule has 0 saturated carbocycles. The third-order valence-electron chi connectivity index (χ3n) is 5.83. The molecule has 0 bridgehead atoms. The van der Waals surface area contributed by atoms with E-state index >= 15 is 0 Å². The molecular weight excluding hydrogens is 549 g/mol. The van der Waals surface area contributed by atoms with Gasteiger partial charge < -0.3 is 33.9 Å². The number of benzene rings is 1. The van der Waals surface area contributed by atoms with Crippen molar-refractivity contribution in [2.75, 3.05) is 32.7 Å². The fourth-order valence-electron chi connectivity index (χ4n) is 4.02. The number of carboxylic acids is 1. The monoisotopic (exact) mass is 590 g/mol. The van der Waals surface area contributed by atoms with E-state index in [0.29, 0.717) is 43.5 Å². The Hall–Kier alpha value is -3.35. The normalized spacial score (nSPS) is 19.2. The third-order valence-corrected chi connectivity index (χ3v) is 5.83. The van der Waals surface area contributed by atoms with Gasteiger partial charge in [0.25, 0.3) is 0 Å². The maximum absolute atomic E-state index is 12.7. The Morgan fingerprint density at radius 1 is 0.927 bits per heavy atom. The second kappa shape index (κ2) is 15.0. The molecule has 2 rings (SSSR count). The second-order valence-corrected chi connectivity index (χ2v) is 11.8. The minimum atomic E-state index is -5.19. The number of halogens is 3. The summed E-state index contributed by atoms with van der Waals surface area (Å²) in [5, 5.41) is 11.6. The van der Waals surface area contributed by atoms with Gasteiger partial charge in [-0.15, -0.1) is 0 Å². The summed E-state index contributed by atoms with van der Waals surface area (Å²) < 4.78 is 48.4. The number of nitrogens with zero attached hydrogens (tertiary/aromatic N) is 1. The molecule has 1 aromatic rings. The number of carboxylic acid groups (broad SMARTS) is 1. The summed E-state index contributed by atoms with van der Waals surface area (Å²) in [4.78, 5) is 46.1. The first kappa shape index (κ1) is 35.7. The molecule has 0 aliphatic carbocycles. The first-order chi connectivity index (χ1) is 18.7. The Bertz CT molecular complexity index is 1010. The number of aliphatic carboxylic acids is 1. The summed E-state index contributed by atoms with van der Waals surface area (Å²) in [5.41, 5.74) is -0.198. The van der Waals surface area contributed by atoms with E-state index in [0.717, 1.165) is 5.56 Å². The molecule has 1 N–H and O–H groups in total. The predicted molar refractivity (Wildman–Crippen MR) is 140 cm³/mol. The number of alkyl halides is 3. The Morgan fingerprint density at radius 3 is 1.90 bits per heavy atom. The smallest absolute Gasteiger partial charge is 0.430 e. The minimum Gasteiger partial charge on any atom is -0.542 e. The van der Waals surface area contributed by atoms with Gasteiger partial charge in [0.05, 0.1) is 32.1 Å². The molecule has 232 valence electrons. The summed E-state index contributed by atoms with van der Waals surface area (Å²) in [7, 11) is 0. The lowest BCUT2D eigenvalue weighted by molar-refractivity contribution is -0.925. The molecule has 0 radical (unpaired) electrons. The molecule has 1 saturated heterocycles. The van der Waals surface area contributed by atoms with Crippen molar-refractivity contribution in [2.24, 2.45) is 5.92 Å². The molecule has 41 heavy (non-hydrogen) atoms. The number of carbonyl (C=O) groups is 4. The molecule has 1 aliphatic rings. The van der Waals surface area contributed by atoms with Crippen LogP contribution in [0.4, 0.5) is 18.0 Å². The van der Waals surface area contributed by atoms with Gasteiger partial charge >= 0.3 is 24.2 Å². The van der Waals surface area contributed by atoms with E-state index in [-0.39, 0.29) is 31.0 Å². The van der Waals surface area contributed by atoms with Gasteiger partial charge in [-0.25, -0.2) is 9.59 Å². The highest BCUT2D eigenvalue weighted by atomic mass is 19.4. The number of nitrogens with one attached hydrogen (secondary N) is 1. The van der Waals surface area contributed by atoms with Gasteiger partial charge in [-0.1, -0.05) is 30.3 Å². The van der Waals surface area contributed by atoms with E-state index in [1.54, 1.807) is 0 Å². The van der Waals surface area contributed by atoms with Crippen molar-refractivity contribution in [2.45, 2.75) is 78.4 Å². The molecule has 1 amide bonds. The van der Waals surface area contributed by atoms with Crippen LogP contribution in [-0.4, -0.2) is 78.6 Å². The van der Waals surface area contributed by atoms with Crippen molar-refractivity contribution in [3.63, 3.8) is 0 Å². The second-order valence-electron chi connectivity index (χ2n) is 11.8. The first-order valence-corrected chi connectivity index (χ1v) is 13.2. The van der Waals surface area contributed by atoms with E-state index in [2.05, 4.69) is 5.32 Å². The average Bonchev–Trinajstić information content (AvgIpc) is 2.81. The number of quaternary nitrogens is 1. The lowest BCUT2D eigenvalue weighted by atomic mass is 9.94. The van der Waals surface area contributed by atoms with Crippen molar-refractivity contribution in [1.29, 1.82) is 0 Å². The highest BCUT2D eigenvalue weighted by molar-refractivity contribution is 5.73. The van der Waals surface area contributed by atoms with Crippen LogP contribution in [0.1, 0.15) is 59.9 Å². The number of alkyl carbamates (subject to hydrolysis) is 1. The van der Waals surface area contributed by atoms with Crippen molar-refractivity contribution in [3.05, 3.63) is 35.9 Å². The standard InChI is InChI=1S/C26H40N2O6.C2HF3O2/c1-25(2,3)33-22(29)18-28(17-14-27-24(31)34-26(4,5)6)15-12-21(13-16-28)23(30)32-19-20-10-8-7-9-11-20;3-2(4,5)1(6)7/h7-11,21H,12-19H2,1-6H3;(H,6,7). The quantitative estimate of drug-likeness (QED) is 0.278. The Morgan fingerprint density at radius 2 is 1.44 bits per heavy atom. The number of ether oxygens (including phenoxy) is 3. The number of likely N-dealkylation sites (tertiary alicyclic amines) is 1. The van der Waals surface area contributed by atoms with Crippen LogP contribution in [0.25, 0.3) is 0 Å². The molecule has 1 fully saturated rings. The zero-order valence-electron chi connectivity index (χ0n) is 24.5. The van der Waals surface area contributed by atoms with Gasteiger partial charge in [-0.05, 0) is 47.1 Å². The molecule has 1 aliphatic heterocycles. The summed E-state index contributed by atoms with van der Waals surface area (Å²) in [6.45, 7) is 13.6. The van der Waals surface area contributed by atoms with Crippen LogP contribution < -0.4 is 10.4 Å². The SMILES string of the molecule is CC(C)(C)OC(=O)C[N+]1(CCNC(=O)OC(C)(C)C)CCC(C(=O)OCc2ccccc2)CC1.O=C([O-])C(F)(F)F. The number of hydrogen-bond donors (Lipinski definition) is 1. The highest BCUT2D eigenvalue weighted by Gasteiger charge is 2.40. The third kappa shape index (κ3) is 15.3. The Kier molecular flexibility index (Phi) is 13.1. The van der Waals surface area contributed by atoms with Gasteiger partial charge in [0.15, 0.2) is 6.54 Å². The summed E-state index contributed by atoms with van der Waals surface area (Å²) >= 11 is 0. The molecule has 0 unspecified atom stereocenters. The molecular formula is C28H41F3N2O8. The number of rotatable bonds is 8. The van der Waals surface area contributed by atoms with Gasteiger partial charge in [-0.2, -0.15) is 13.2 Å². The molecule has 10 nitrogen and oxygen atoms in total. The van der Waals surface area contributed by atoms with Crippen molar-refractivity contribution >= 4 is 24.0 Å². The van der Waals surface area contributed by atoms with Crippen LogP contribution in [0, 0.1) is 5.92 Å². The summed E-state index contributed by atoms with van der Waals surface area (Å²) in [6.07, 6.45) is -4.45. The first-order valence-electron chi connectivity index (χ1n) is 13.2. The Balaban J connectivity index is 0.00000106. The molecule has 0 spiro atoms. The molecule has 1 aromatic carbocycles. The topological polar surface area (TPSA) is 131 Å². The fourth-order valence-corrected chi connectivity index (χ4v) is 4.02. The minimum absolute atomic E-state index is 0.194. The summed E-state index contributed by atoms with van der Waals surface area (Å²) in [6, 6.07) is 9.60. The molecule has 0 atom stereocenters. The van der Waals surface area contributed by atoms with Crippen LogP contribution in [-0.2, 0) is 35.2 Å². The number of carbonyl (C=O) groups excluding carboxylic acids is 4. The molecule has 13 heteroatoms. The van der Waals surface area contributed by atoms with E-state index in [1.807, 2.05) is 71.9 Å². The fraction of sp³-hybridized carbons (Fsp3) is 0.643. The van der Waals surface area contributed by atoms with Crippen LogP contribution >= 0.6 is 0 Å². The zero-order chi connectivity index (χ0) is 31.5. The van der Waals surface area contributed by atoms with E-state index < -0.39 is 29.4 Å². The maximum atomic E-state index is 12.7. The molecule has 1 heterocycles. The largest absolute Gasteiger partial charge is 0.542 e. The van der Waals surface area contributed by atoms with Crippen molar-refractivity contribution < 1.29 is 56.1 Å². The number of hydrogen-bond acceptors (Lipinski definition) is 8. The van der Waals surface area contributed by atoms with Gasteiger partial charge in [0.2, 0.25) is 0 Å². The van der Waals surface area contributed by atoms with E-state index in [4.69, 9.17) is 24.1 Å².